The average Bonchev–Trinajstić information content (AvgIpc) is 2.38. The van der Waals surface area contributed by atoms with E-state index < -0.39 is 0 Å². The van der Waals surface area contributed by atoms with Gasteiger partial charge in [-0.3, -0.25) is 0 Å². The molecule has 0 spiro atoms. The van der Waals surface area contributed by atoms with Gasteiger partial charge in [-0.1, -0.05) is 18.3 Å². The van der Waals surface area contributed by atoms with Crippen molar-refractivity contribution in [2.45, 2.75) is 6.92 Å². The van der Waals surface area contributed by atoms with Crippen LogP contribution in [0.3, 0.4) is 0 Å². The third-order valence-electron chi connectivity index (χ3n) is 2.74. The van der Waals surface area contributed by atoms with Gasteiger partial charge >= 0.3 is 0 Å². The number of nitrogens with one attached hydrogen (secondary N) is 1. The summed E-state index contributed by atoms with van der Waals surface area (Å²) in [5.41, 5.74) is 8.38. The predicted molar refractivity (Wildman–Crippen MR) is 81.1 cm³/mol. The molecule has 0 atom stereocenters. The highest BCUT2D eigenvalue weighted by Crippen LogP contribution is 2.23. The Morgan fingerprint density at radius 2 is 2.16 bits per heavy atom. The number of anilines is 2. The molecule has 0 aliphatic rings. The highest BCUT2D eigenvalue weighted by atomic mass is 32.1. The van der Waals surface area contributed by atoms with Crippen LogP contribution in [0.4, 0.5) is 11.5 Å². The van der Waals surface area contributed by atoms with Gasteiger partial charge in [0, 0.05) is 18.0 Å². The van der Waals surface area contributed by atoms with Crippen molar-refractivity contribution in [1.29, 1.82) is 0 Å². The van der Waals surface area contributed by atoms with Crippen molar-refractivity contribution in [3.05, 3.63) is 47.7 Å². The van der Waals surface area contributed by atoms with Gasteiger partial charge in [0.25, 0.3) is 0 Å². The number of methoxy groups -OCH3 is 1. The van der Waals surface area contributed by atoms with Crippen molar-refractivity contribution >= 4 is 28.7 Å². The van der Waals surface area contributed by atoms with Crippen molar-refractivity contribution in [2.75, 3.05) is 12.4 Å². The number of benzene rings is 1. The van der Waals surface area contributed by atoms with Crippen molar-refractivity contribution < 1.29 is 4.74 Å². The summed E-state index contributed by atoms with van der Waals surface area (Å²) in [6.07, 6.45) is 1.72. The second-order valence-electron chi connectivity index (χ2n) is 4.07. The number of hydrogen-bond acceptors (Lipinski definition) is 4. The second kappa shape index (κ2) is 5.67. The molecule has 5 heteroatoms. The first kappa shape index (κ1) is 13.3. The normalized spacial score (nSPS) is 10.0. The van der Waals surface area contributed by atoms with Crippen LogP contribution in [0.2, 0.25) is 0 Å². The van der Waals surface area contributed by atoms with Crippen molar-refractivity contribution in [3.63, 3.8) is 0 Å². The Morgan fingerprint density at radius 1 is 1.37 bits per heavy atom. The second-order valence-corrected chi connectivity index (χ2v) is 4.51. The van der Waals surface area contributed by atoms with Crippen LogP contribution < -0.4 is 15.8 Å². The fraction of sp³-hybridized carbons (Fsp3) is 0.143. The predicted octanol–water partition coefficient (Wildman–Crippen LogP) is 2.78. The number of nitrogens with two attached hydrogens (primary N) is 1. The Bertz CT molecular complexity index is 613. The average molecular weight is 273 g/mol. The standard InChI is InChI=1S/C14H15N3OS/c1-9-6-7-16-14(12(9)13(15)19)17-10-4-3-5-11(8-10)18-2/h3-8H,1-2H3,(H2,15,19)(H,16,17). The van der Waals surface area contributed by atoms with Gasteiger partial charge in [0.05, 0.1) is 12.7 Å². The van der Waals surface area contributed by atoms with Crippen LogP contribution in [-0.4, -0.2) is 17.1 Å². The van der Waals surface area contributed by atoms with Crippen LogP contribution in [0.1, 0.15) is 11.1 Å². The van der Waals surface area contributed by atoms with Gasteiger partial charge in [0.15, 0.2) is 0 Å². The summed E-state index contributed by atoms with van der Waals surface area (Å²) in [5, 5.41) is 3.21. The lowest BCUT2D eigenvalue weighted by Gasteiger charge is -2.12. The van der Waals surface area contributed by atoms with Gasteiger partial charge in [-0.05, 0) is 30.7 Å². The number of hydrogen-bond donors (Lipinski definition) is 2. The van der Waals surface area contributed by atoms with E-state index >= 15 is 0 Å². The van der Waals surface area contributed by atoms with Gasteiger partial charge in [0.1, 0.15) is 16.6 Å². The van der Waals surface area contributed by atoms with E-state index in [4.69, 9.17) is 22.7 Å². The third kappa shape index (κ3) is 3.00. The lowest BCUT2D eigenvalue weighted by molar-refractivity contribution is 0.415. The summed E-state index contributed by atoms with van der Waals surface area (Å²) in [6, 6.07) is 9.47. The van der Waals surface area contributed by atoms with Gasteiger partial charge in [-0.25, -0.2) is 4.98 Å². The molecule has 19 heavy (non-hydrogen) atoms. The topological polar surface area (TPSA) is 60.2 Å². The first-order chi connectivity index (χ1) is 9.11. The number of ether oxygens (including phenoxy) is 1. The van der Waals surface area contributed by atoms with Gasteiger partial charge < -0.3 is 15.8 Å². The zero-order chi connectivity index (χ0) is 13.8. The summed E-state index contributed by atoms with van der Waals surface area (Å²) >= 11 is 5.07. The minimum absolute atomic E-state index is 0.330. The molecule has 0 amide bonds. The fourth-order valence-corrected chi connectivity index (χ4v) is 2.06. The quantitative estimate of drug-likeness (QED) is 0.839. The summed E-state index contributed by atoms with van der Waals surface area (Å²) in [7, 11) is 1.63. The summed E-state index contributed by atoms with van der Waals surface area (Å²) in [6.45, 7) is 1.95. The maximum atomic E-state index is 5.75. The maximum Gasteiger partial charge on any atom is 0.140 e. The molecule has 0 saturated carbocycles. The highest BCUT2D eigenvalue weighted by Gasteiger charge is 2.10. The first-order valence-electron chi connectivity index (χ1n) is 5.78. The van der Waals surface area contributed by atoms with Crippen molar-refractivity contribution in [2.24, 2.45) is 5.73 Å². The summed E-state index contributed by atoms with van der Waals surface area (Å²) in [5.74, 6) is 1.43. The molecule has 3 N–H and O–H groups in total. The molecule has 0 saturated heterocycles. The Hall–Kier alpha value is -2.14. The molecule has 1 aromatic carbocycles. The van der Waals surface area contributed by atoms with E-state index in [1.165, 1.54) is 0 Å². The Kier molecular flexibility index (Phi) is 3.97. The largest absolute Gasteiger partial charge is 0.497 e. The van der Waals surface area contributed by atoms with Gasteiger partial charge in [-0.15, -0.1) is 0 Å². The molecule has 0 radical (unpaired) electrons. The maximum absolute atomic E-state index is 5.75. The molecule has 0 unspecified atom stereocenters. The number of aryl methyl sites for hydroxylation is 1. The Labute approximate surface area is 117 Å². The summed E-state index contributed by atoms with van der Waals surface area (Å²) < 4.78 is 5.18. The molecule has 2 aromatic rings. The zero-order valence-corrected chi connectivity index (χ0v) is 11.6. The van der Waals surface area contributed by atoms with Crippen molar-refractivity contribution in [3.8, 4) is 5.75 Å². The van der Waals surface area contributed by atoms with E-state index in [-0.39, 0.29) is 0 Å². The number of nitrogens with zero attached hydrogens (tertiary/aromatic N) is 1. The molecule has 0 aliphatic carbocycles. The molecule has 1 aromatic heterocycles. The minimum atomic E-state index is 0.330. The van der Waals surface area contributed by atoms with Gasteiger partial charge in [-0.2, -0.15) is 0 Å². The minimum Gasteiger partial charge on any atom is -0.497 e. The number of thiocarbonyl (C=S) groups is 1. The molecule has 0 bridgehead atoms. The van der Waals surface area contributed by atoms with Crippen LogP contribution in [0.25, 0.3) is 0 Å². The molecule has 4 nitrogen and oxygen atoms in total. The third-order valence-corrected chi connectivity index (χ3v) is 2.94. The molecule has 0 aliphatic heterocycles. The van der Waals surface area contributed by atoms with Crippen LogP contribution in [-0.2, 0) is 0 Å². The van der Waals surface area contributed by atoms with Crippen LogP contribution in [0.15, 0.2) is 36.5 Å². The molecular formula is C14H15N3OS. The SMILES string of the molecule is COc1cccc(Nc2nccc(C)c2C(N)=S)c1. The lowest BCUT2D eigenvalue weighted by Crippen LogP contribution is -2.14. The van der Waals surface area contributed by atoms with E-state index in [0.29, 0.717) is 10.8 Å². The van der Waals surface area contributed by atoms with E-state index in [1.54, 1.807) is 13.3 Å². The molecule has 2 rings (SSSR count). The van der Waals surface area contributed by atoms with E-state index in [9.17, 15) is 0 Å². The first-order valence-corrected chi connectivity index (χ1v) is 6.19. The molecule has 1 heterocycles. The van der Waals surface area contributed by atoms with Crippen LogP contribution >= 0.6 is 12.2 Å². The van der Waals surface area contributed by atoms with Crippen LogP contribution in [0, 0.1) is 6.92 Å². The van der Waals surface area contributed by atoms with Gasteiger partial charge in [0.2, 0.25) is 0 Å². The molecule has 0 fully saturated rings. The monoisotopic (exact) mass is 273 g/mol. The van der Waals surface area contributed by atoms with E-state index in [0.717, 1.165) is 22.6 Å². The molecule has 98 valence electrons. The number of pyridine rings is 1. The summed E-state index contributed by atoms with van der Waals surface area (Å²) in [4.78, 5) is 4.62. The Balaban J connectivity index is 2.38. The van der Waals surface area contributed by atoms with Crippen LogP contribution in [0.5, 0.6) is 5.75 Å². The lowest BCUT2D eigenvalue weighted by atomic mass is 10.1. The molecular weight excluding hydrogens is 258 g/mol. The van der Waals surface area contributed by atoms with Crippen molar-refractivity contribution in [1.82, 2.24) is 4.98 Å². The zero-order valence-electron chi connectivity index (χ0n) is 10.8. The highest BCUT2D eigenvalue weighted by molar-refractivity contribution is 7.80. The van der Waals surface area contributed by atoms with E-state index in [1.807, 2.05) is 37.3 Å². The Morgan fingerprint density at radius 3 is 2.84 bits per heavy atom. The smallest absolute Gasteiger partial charge is 0.140 e. The number of rotatable bonds is 4. The number of aromatic nitrogens is 1. The fourth-order valence-electron chi connectivity index (χ4n) is 1.80. The van der Waals surface area contributed by atoms with E-state index in [2.05, 4.69) is 10.3 Å².